The number of thiocarbonyl (C=S) groups is 1. The molecule has 0 bridgehead atoms. The first-order valence-corrected chi connectivity index (χ1v) is 8.28. The van der Waals surface area contributed by atoms with E-state index in [9.17, 15) is 4.79 Å². The Balaban J connectivity index is 1.88. The van der Waals surface area contributed by atoms with Crippen LogP contribution in [0.5, 0.6) is 11.5 Å². The van der Waals surface area contributed by atoms with E-state index in [-0.39, 0.29) is 5.91 Å². The number of ether oxygens (including phenoxy) is 2. The van der Waals surface area contributed by atoms with Crippen molar-refractivity contribution in [2.45, 2.75) is 6.92 Å². The maximum absolute atomic E-state index is 12.8. The SMILES string of the molecule is CCOc1ccc(N2C(=O)/C(=C/c3ccccc3OC)NC2=S)cc1. The number of anilines is 1. The quantitative estimate of drug-likeness (QED) is 0.659. The number of para-hydroxylation sites is 1. The molecule has 1 heterocycles. The van der Waals surface area contributed by atoms with Crippen LogP contribution >= 0.6 is 12.2 Å². The van der Waals surface area contributed by atoms with E-state index in [0.29, 0.717) is 28.9 Å². The van der Waals surface area contributed by atoms with Gasteiger partial charge >= 0.3 is 0 Å². The Morgan fingerprint density at radius 3 is 2.56 bits per heavy atom. The van der Waals surface area contributed by atoms with Gasteiger partial charge in [0.2, 0.25) is 0 Å². The number of hydrogen-bond acceptors (Lipinski definition) is 4. The number of nitrogens with one attached hydrogen (secondary N) is 1. The van der Waals surface area contributed by atoms with Crippen molar-refractivity contribution in [2.24, 2.45) is 0 Å². The van der Waals surface area contributed by atoms with Gasteiger partial charge in [-0.3, -0.25) is 9.69 Å². The molecule has 6 heteroatoms. The third-order valence-corrected chi connectivity index (χ3v) is 4.01. The van der Waals surface area contributed by atoms with Crippen molar-refractivity contribution in [1.29, 1.82) is 0 Å². The van der Waals surface area contributed by atoms with Gasteiger partial charge in [0, 0.05) is 5.56 Å². The van der Waals surface area contributed by atoms with Crippen molar-refractivity contribution in [3.05, 3.63) is 59.8 Å². The second kappa shape index (κ2) is 7.36. The van der Waals surface area contributed by atoms with Crippen LogP contribution in [0.1, 0.15) is 12.5 Å². The van der Waals surface area contributed by atoms with Gasteiger partial charge in [0.05, 0.1) is 19.4 Å². The molecule has 0 aliphatic carbocycles. The second-order valence-corrected chi connectivity index (χ2v) is 5.68. The predicted octanol–water partition coefficient (Wildman–Crippen LogP) is 3.36. The van der Waals surface area contributed by atoms with Crippen LogP contribution in [0.4, 0.5) is 5.69 Å². The van der Waals surface area contributed by atoms with Gasteiger partial charge in [0.1, 0.15) is 17.2 Å². The molecule has 0 radical (unpaired) electrons. The molecule has 0 saturated carbocycles. The van der Waals surface area contributed by atoms with Gasteiger partial charge in [-0.2, -0.15) is 0 Å². The largest absolute Gasteiger partial charge is 0.496 e. The van der Waals surface area contributed by atoms with E-state index in [0.717, 1.165) is 11.3 Å². The lowest BCUT2D eigenvalue weighted by Gasteiger charge is -2.14. The topological polar surface area (TPSA) is 50.8 Å². The summed E-state index contributed by atoms with van der Waals surface area (Å²) in [4.78, 5) is 14.2. The van der Waals surface area contributed by atoms with E-state index in [4.69, 9.17) is 21.7 Å². The number of benzene rings is 2. The van der Waals surface area contributed by atoms with Crippen molar-refractivity contribution >= 4 is 35.0 Å². The third-order valence-electron chi connectivity index (χ3n) is 3.72. The molecule has 128 valence electrons. The smallest absolute Gasteiger partial charge is 0.281 e. The van der Waals surface area contributed by atoms with Crippen LogP contribution in [0, 0.1) is 0 Å². The summed E-state index contributed by atoms with van der Waals surface area (Å²) in [7, 11) is 1.60. The fourth-order valence-corrected chi connectivity index (χ4v) is 2.87. The lowest BCUT2D eigenvalue weighted by Crippen LogP contribution is -2.30. The number of carbonyl (C=O) groups excluding carboxylic acids is 1. The second-order valence-electron chi connectivity index (χ2n) is 5.30. The zero-order chi connectivity index (χ0) is 17.8. The molecule has 1 fully saturated rings. The maximum atomic E-state index is 12.8. The van der Waals surface area contributed by atoms with Crippen LogP contribution in [-0.2, 0) is 4.79 Å². The number of methoxy groups -OCH3 is 1. The first-order valence-electron chi connectivity index (χ1n) is 7.87. The minimum Gasteiger partial charge on any atom is -0.496 e. The van der Waals surface area contributed by atoms with Crippen LogP contribution in [0.25, 0.3) is 6.08 Å². The maximum Gasteiger partial charge on any atom is 0.281 e. The molecule has 0 spiro atoms. The first kappa shape index (κ1) is 17.0. The average Bonchev–Trinajstić information content (AvgIpc) is 2.90. The summed E-state index contributed by atoms with van der Waals surface area (Å²) in [5, 5.41) is 3.32. The van der Waals surface area contributed by atoms with Crippen molar-refractivity contribution < 1.29 is 14.3 Å². The minimum atomic E-state index is -0.208. The zero-order valence-corrected chi connectivity index (χ0v) is 14.8. The zero-order valence-electron chi connectivity index (χ0n) is 14.0. The Kier molecular flexibility index (Phi) is 5.00. The first-order chi connectivity index (χ1) is 12.1. The Bertz CT molecular complexity index is 831. The molecular formula is C19H18N2O3S. The molecule has 0 aromatic heterocycles. The van der Waals surface area contributed by atoms with Gasteiger partial charge in [-0.25, -0.2) is 0 Å². The molecule has 1 N–H and O–H groups in total. The van der Waals surface area contributed by atoms with Crippen LogP contribution in [0.3, 0.4) is 0 Å². The molecular weight excluding hydrogens is 336 g/mol. The summed E-state index contributed by atoms with van der Waals surface area (Å²) < 4.78 is 10.7. The van der Waals surface area contributed by atoms with Gasteiger partial charge < -0.3 is 14.8 Å². The van der Waals surface area contributed by atoms with Crippen molar-refractivity contribution in [1.82, 2.24) is 5.32 Å². The molecule has 3 rings (SSSR count). The summed E-state index contributed by atoms with van der Waals surface area (Å²) >= 11 is 5.33. The van der Waals surface area contributed by atoms with Crippen molar-refractivity contribution in [3.63, 3.8) is 0 Å². The van der Waals surface area contributed by atoms with E-state index < -0.39 is 0 Å². The Labute approximate surface area is 151 Å². The van der Waals surface area contributed by atoms with E-state index in [1.54, 1.807) is 13.2 Å². The molecule has 0 unspecified atom stereocenters. The van der Waals surface area contributed by atoms with Gasteiger partial charge in [-0.1, -0.05) is 18.2 Å². The van der Waals surface area contributed by atoms with Gasteiger partial charge in [-0.15, -0.1) is 0 Å². The fourth-order valence-electron chi connectivity index (χ4n) is 2.57. The molecule has 1 saturated heterocycles. The summed E-state index contributed by atoms with van der Waals surface area (Å²) in [6.07, 6.45) is 1.74. The Hall–Kier alpha value is -2.86. The van der Waals surface area contributed by atoms with Crippen LogP contribution in [0.2, 0.25) is 0 Å². The summed E-state index contributed by atoms with van der Waals surface area (Å²) in [5.41, 5.74) is 1.90. The highest BCUT2D eigenvalue weighted by Gasteiger charge is 2.32. The molecule has 2 aromatic rings. The van der Waals surface area contributed by atoms with Gasteiger partial charge in [-0.05, 0) is 55.5 Å². The monoisotopic (exact) mass is 354 g/mol. The van der Waals surface area contributed by atoms with Gasteiger partial charge in [0.15, 0.2) is 5.11 Å². The van der Waals surface area contributed by atoms with Gasteiger partial charge in [0.25, 0.3) is 5.91 Å². The number of rotatable bonds is 5. The van der Waals surface area contributed by atoms with E-state index >= 15 is 0 Å². The Morgan fingerprint density at radius 2 is 1.88 bits per heavy atom. The van der Waals surface area contributed by atoms with Crippen molar-refractivity contribution in [2.75, 3.05) is 18.6 Å². The highest BCUT2D eigenvalue weighted by Crippen LogP contribution is 2.26. The van der Waals surface area contributed by atoms with E-state index in [1.165, 1.54) is 4.90 Å². The highest BCUT2D eigenvalue weighted by molar-refractivity contribution is 7.80. The highest BCUT2D eigenvalue weighted by atomic mass is 32.1. The van der Waals surface area contributed by atoms with E-state index in [1.807, 2.05) is 55.5 Å². The molecule has 5 nitrogen and oxygen atoms in total. The number of carbonyl (C=O) groups is 1. The van der Waals surface area contributed by atoms with Crippen molar-refractivity contribution in [3.8, 4) is 11.5 Å². The predicted molar refractivity (Wildman–Crippen MR) is 102 cm³/mol. The third kappa shape index (κ3) is 3.49. The summed E-state index contributed by atoms with van der Waals surface area (Å²) in [6, 6.07) is 14.7. The summed E-state index contributed by atoms with van der Waals surface area (Å²) in [6.45, 7) is 2.51. The minimum absolute atomic E-state index is 0.208. The standard InChI is InChI=1S/C19H18N2O3S/c1-3-24-15-10-8-14(9-11-15)21-18(22)16(20-19(21)25)12-13-6-4-5-7-17(13)23-2/h4-12H,3H2,1-2H3,(H,20,25)/b16-12-. The molecule has 1 aliphatic heterocycles. The van der Waals surface area contributed by atoms with Crippen LogP contribution in [-0.4, -0.2) is 24.7 Å². The molecule has 1 amide bonds. The molecule has 1 aliphatic rings. The lowest BCUT2D eigenvalue weighted by atomic mass is 10.1. The summed E-state index contributed by atoms with van der Waals surface area (Å²) in [5.74, 6) is 1.23. The fraction of sp³-hybridized carbons (Fsp3) is 0.158. The molecule has 25 heavy (non-hydrogen) atoms. The van der Waals surface area contributed by atoms with Crippen LogP contribution < -0.4 is 19.7 Å². The van der Waals surface area contributed by atoms with E-state index in [2.05, 4.69) is 5.32 Å². The normalized spacial score (nSPS) is 15.4. The number of amides is 1. The molecule has 2 aromatic carbocycles. The Morgan fingerprint density at radius 1 is 1.16 bits per heavy atom. The molecule has 0 atom stereocenters. The number of nitrogens with zero attached hydrogens (tertiary/aromatic N) is 1. The average molecular weight is 354 g/mol. The number of hydrogen-bond donors (Lipinski definition) is 1. The lowest BCUT2D eigenvalue weighted by molar-refractivity contribution is -0.113. The van der Waals surface area contributed by atoms with Crippen LogP contribution in [0.15, 0.2) is 54.2 Å².